The van der Waals surface area contributed by atoms with Crippen LogP contribution in [0.25, 0.3) is 17.0 Å². The van der Waals surface area contributed by atoms with Crippen LogP contribution in [0, 0.1) is 13.5 Å². The van der Waals surface area contributed by atoms with E-state index < -0.39 is 0 Å². The molecule has 3 rings (SSSR count). The summed E-state index contributed by atoms with van der Waals surface area (Å²) in [6.45, 7) is 9.15. The lowest BCUT2D eigenvalue weighted by Gasteiger charge is -2.16. The number of carbonyl (C=O) groups is 1. The minimum atomic E-state index is 0.114. The maximum absolute atomic E-state index is 12.8. The Morgan fingerprint density at radius 3 is 2.25 bits per heavy atom. The molecule has 3 heteroatoms. The number of nitrogens with zero attached hydrogens (tertiary/aromatic N) is 1. The van der Waals surface area contributed by atoms with E-state index in [1.807, 2.05) is 42.5 Å². The van der Waals surface area contributed by atoms with Crippen LogP contribution in [-0.4, -0.2) is 17.3 Å². The number of aryl methyl sites for hydroxylation is 1. The first-order valence-electron chi connectivity index (χ1n) is 7.73. The lowest BCUT2D eigenvalue weighted by atomic mass is 10.00. The molecule has 118 valence electrons. The molecule has 0 atom stereocenters. The molecule has 0 amide bonds. The predicted octanol–water partition coefficient (Wildman–Crippen LogP) is 5.33. The molecule has 1 aliphatic heterocycles. The van der Waals surface area contributed by atoms with E-state index in [1.165, 1.54) is 5.56 Å². The van der Waals surface area contributed by atoms with Crippen LogP contribution >= 0.6 is 11.8 Å². The zero-order chi connectivity index (χ0) is 16.9. The Kier molecular flexibility index (Phi) is 4.98. The quantitative estimate of drug-likeness (QED) is 0.548. The second-order valence-corrected chi connectivity index (χ2v) is 6.77. The van der Waals surface area contributed by atoms with Crippen molar-refractivity contribution in [2.24, 2.45) is 0 Å². The first-order chi connectivity index (χ1) is 11.7. The van der Waals surface area contributed by atoms with Crippen LogP contribution in [0.2, 0.25) is 0 Å². The van der Waals surface area contributed by atoms with E-state index in [0.717, 1.165) is 28.0 Å². The third kappa shape index (κ3) is 3.84. The zero-order valence-corrected chi connectivity index (χ0v) is 14.3. The molecule has 1 heterocycles. The van der Waals surface area contributed by atoms with Gasteiger partial charge in [0, 0.05) is 22.7 Å². The van der Waals surface area contributed by atoms with Crippen molar-refractivity contribution in [3.8, 4) is 0 Å². The van der Waals surface area contributed by atoms with Crippen LogP contribution in [0.3, 0.4) is 0 Å². The van der Waals surface area contributed by atoms with Gasteiger partial charge < -0.3 is 0 Å². The molecular formula is C21H17NOS. The van der Waals surface area contributed by atoms with Crippen molar-refractivity contribution in [1.82, 2.24) is 0 Å². The Hall–Kier alpha value is -2.57. The molecule has 0 aliphatic carbocycles. The van der Waals surface area contributed by atoms with E-state index in [1.54, 1.807) is 17.8 Å². The molecule has 0 unspecified atom stereocenters. The van der Waals surface area contributed by atoms with Crippen LogP contribution < -0.4 is 0 Å². The number of hydrogen-bond acceptors (Lipinski definition) is 2. The Morgan fingerprint density at radius 1 is 1.00 bits per heavy atom. The van der Waals surface area contributed by atoms with Gasteiger partial charge in [0.1, 0.15) is 0 Å². The van der Waals surface area contributed by atoms with Crippen molar-refractivity contribution in [2.75, 3.05) is 11.5 Å². The largest absolute Gasteiger partial charge is 0.289 e. The summed E-state index contributed by atoms with van der Waals surface area (Å²) in [6.07, 6.45) is 3.90. The minimum absolute atomic E-state index is 0.114. The smallest absolute Gasteiger partial charge is 0.187 e. The lowest BCUT2D eigenvalue weighted by molar-refractivity contribution is -0.112. The summed E-state index contributed by atoms with van der Waals surface area (Å²) in [4.78, 5) is 16.2. The fraction of sp³-hybridized carbons (Fsp3) is 0.143. The summed E-state index contributed by atoms with van der Waals surface area (Å²) in [7, 11) is 0. The maximum atomic E-state index is 12.8. The number of ketones is 1. The van der Waals surface area contributed by atoms with E-state index in [0.29, 0.717) is 11.4 Å². The molecule has 2 aromatic carbocycles. The average Bonchev–Trinajstić information content (AvgIpc) is 2.59. The van der Waals surface area contributed by atoms with E-state index in [9.17, 15) is 4.79 Å². The fourth-order valence-electron chi connectivity index (χ4n) is 2.67. The summed E-state index contributed by atoms with van der Waals surface area (Å²) in [5, 5.41) is 0. The second-order valence-electron chi connectivity index (χ2n) is 5.78. The molecule has 0 radical (unpaired) electrons. The van der Waals surface area contributed by atoms with Crippen LogP contribution in [0.15, 0.2) is 59.7 Å². The highest BCUT2D eigenvalue weighted by molar-refractivity contribution is 7.99. The molecule has 0 aromatic heterocycles. The zero-order valence-electron chi connectivity index (χ0n) is 13.5. The van der Waals surface area contributed by atoms with Gasteiger partial charge in [0.25, 0.3) is 0 Å². The van der Waals surface area contributed by atoms with Gasteiger partial charge in [-0.15, -0.1) is 0 Å². The van der Waals surface area contributed by atoms with Gasteiger partial charge in [0.05, 0.1) is 6.57 Å². The predicted molar refractivity (Wildman–Crippen MR) is 102 cm³/mol. The van der Waals surface area contributed by atoms with Gasteiger partial charge in [-0.05, 0) is 36.3 Å². The molecule has 0 saturated carbocycles. The topological polar surface area (TPSA) is 21.4 Å². The first-order valence-corrected chi connectivity index (χ1v) is 8.89. The normalized spacial score (nSPS) is 17.9. The molecule has 2 nitrogen and oxygen atoms in total. The summed E-state index contributed by atoms with van der Waals surface area (Å²) in [5.74, 6) is 1.57. The summed E-state index contributed by atoms with van der Waals surface area (Å²) >= 11 is 1.75. The number of thioether (sulfide) groups is 1. The van der Waals surface area contributed by atoms with Crippen molar-refractivity contribution in [1.29, 1.82) is 0 Å². The Labute approximate surface area is 146 Å². The Morgan fingerprint density at radius 2 is 1.62 bits per heavy atom. The first kappa shape index (κ1) is 16.3. The van der Waals surface area contributed by atoms with Crippen molar-refractivity contribution >= 4 is 35.4 Å². The summed E-state index contributed by atoms with van der Waals surface area (Å²) < 4.78 is 0. The van der Waals surface area contributed by atoms with Gasteiger partial charge in [-0.25, -0.2) is 4.85 Å². The van der Waals surface area contributed by atoms with Gasteiger partial charge in [0.2, 0.25) is 0 Å². The molecule has 1 aliphatic rings. The van der Waals surface area contributed by atoms with Crippen LogP contribution in [0.4, 0.5) is 5.69 Å². The van der Waals surface area contributed by atoms with E-state index >= 15 is 0 Å². The number of benzene rings is 2. The van der Waals surface area contributed by atoms with Crippen molar-refractivity contribution < 1.29 is 4.79 Å². The van der Waals surface area contributed by atoms with Crippen molar-refractivity contribution in [2.45, 2.75) is 6.92 Å². The van der Waals surface area contributed by atoms with Gasteiger partial charge >= 0.3 is 0 Å². The van der Waals surface area contributed by atoms with Gasteiger partial charge in [-0.2, -0.15) is 11.8 Å². The molecule has 0 bridgehead atoms. The van der Waals surface area contributed by atoms with Gasteiger partial charge in [0.15, 0.2) is 11.5 Å². The van der Waals surface area contributed by atoms with Crippen LogP contribution in [0.5, 0.6) is 0 Å². The van der Waals surface area contributed by atoms with Crippen molar-refractivity contribution in [3.05, 3.63) is 87.8 Å². The minimum Gasteiger partial charge on any atom is -0.289 e. The molecule has 24 heavy (non-hydrogen) atoms. The summed E-state index contributed by atoms with van der Waals surface area (Å²) in [6, 6.07) is 15.5. The average molecular weight is 331 g/mol. The molecule has 0 N–H and O–H groups in total. The Balaban J connectivity index is 1.90. The highest BCUT2D eigenvalue weighted by atomic mass is 32.2. The molecule has 0 spiro atoms. The third-order valence-electron chi connectivity index (χ3n) is 3.82. The van der Waals surface area contributed by atoms with E-state index in [4.69, 9.17) is 6.57 Å². The standard InChI is InChI=1S/C21H17NOS/c1-15-5-3-6-16(9-15)10-18-13-24-14-19(21(18)23)11-17-7-4-8-20(12-17)22-2/h3-12H,13-14H2,1H3/b18-10+,19-11+. The second kappa shape index (κ2) is 7.33. The fourth-order valence-corrected chi connectivity index (χ4v) is 3.64. The number of carbonyl (C=O) groups excluding carboxylic acids is 1. The van der Waals surface area contributed by atoms with Gasteiger partial charge in [-0.1, -0.05) is 48.0 Å². The van der Waals surface area contributed by atoms with Gasteiger partial charge in [-0.3, -0.25) is 4.79 Å². The highest BCUT2D eigenvalue weighted by Crippen LogP contribution is 2.27. The lowest BCUT2D eigenvalue weighted by Crippen LogP contribution is -2.16. The van der Waals surface area contributed by atoms with E-state index in [2.05, 4.69) is 23.9 Å². The molecular weight excluding hydrogens is 314 g/mol. The third-order valence-corrected chi connectivity index (χ3v) is 4.85. The number of Topliss-reactive ketones (excluding diaryl/α,β-unsaturated/α-hetero) is 1. The highest BCUT2D eigenvalue weighted by Gasteiger charge is 2.20. The SMILES string of the molecule is [C-]#[N+]c1cccc(/C=C2\CSC/C(=C\c3cccc(C)c3)C2=O)c1. The van der Waals surface area contributed by atoms with E-state index in [-0.39, 0.29) is 5.78 Å². The van der Waals surface area contributed by atoms with Crippen molar-refractivity contribution in [3.63, 3.8) is 0 Å². The molecule has 2 aromatic rings. The van der Waals surface area contributed by atoms with Crippen LogP contribution in [0.1, 0.15) is 16.7 Å². The molecule has 1 saturated heterocycles. The number of rotatable bonds is 2. The summed E-state index contributed by atoms with van der Waals surface area (Å²) in [5.41, 5.74) is 5.39. The maximum Gasteiger partial charge on any atom is 0.187 e. The molecule has 1 fully saturated rings. The Bertz CT molecular complexity index is 887. The number of hydrogen-bond donors (Lipinski definition) is 0. The monoisotopic (exact) mass is 331 g/mol. The van der Waals surface area contributed by atoms with Crippen LogP contribution in [-0.2, 0) is 4.79 Å².